The number of alkyl halides is 1. The molecule has 11 nitrogen and oxygen atoms in total. The fourth-order valence-corrected chi connectivity index (χ4v) is 7.05. The highest BCUT2D eigenvalue weighted by molar-refractivity contribution is 9.09. The summed E-state index contributed by atoms with van der Waals surface area (Å²) in [6.45, 7) is 0.730. The van der Waals surface area contributed by atoms with E-state index in [-0.39, 0.29) is 16.1 Å². The molecule has 0 bridgehead atoms. The smallest absolute Gasteiger partial charge is 0.335 e. The molecule has 3 N–H and O–H groups in total. The van der Waals surface area contributed by atoms with E-state index in [0.717, 1.165) is 56.4 Å². The first-order chi connectivity index (χ1) is 18.0. The number of hydrogen-bond donors (Lipinski definition) is 3. The first kappa shape index (κ1) is 28.1. The van der Waals surface area contributed by atoms with Gasteiger partial charge in [0.1, 0.15) is 0 Å². The van der Waals surface area contributed by atoms with E-state index in [2.05, 4.69) is 26.0 Å². The minimum absolute atomic E-state index is 0.00105. The van der Waals surface area contributed by atoms with Crippen molar-refractivity contribution in [2.24, 2.45) is 0 Å². The van der Waals surface area contributed by atoms with Crippen LogP contribution in [-0.4, -0.2) is 55.3 Å². The van der Waals surface area contributed by atoms with E-state index >= 15 is 0 Å². The lowest BCUT2D eigenvalue weighted by atomic mass is 9.96. The monoisotopic (exact) mass is 610 g/mol. The summed E-state index contributed by atoms with van der Waals surface area (Å²) in [6.07, 6.45) is 5.16. The van der Waals surface area contributed by atoms with Crippen LogP contribution in [0.5, 0.6) is 5.75 Å². The lowest BCUT2D eigenvalue weighted by molar-refractivity contribution is -0.267. The molecular weight excluding hydrogens is 584 g/mol. The van der Waals surface area contributed by atoms with Gasteiger partial charge in [0.25, 0.3) is 10.0 Å². The summed E-state index contributed by atoms with van der Waals surface area (Å²) >= 11 is 3.71. The van der Waals surface area contributed by atoms with Crippen LogP contribution in [0.1, 0.15) is 59.2 Å². The quantitative estimate of drug-likeness (QED) is 0.394. The first-order valence-electron chi connectivity index (χ1n) is 12.2. The maximum Gasteiger partial charge on any atom is 0.335 e. The first-order valence-corrected chi connectivity index (χ1v) is 14.5. The summed E-state index contributed by atoms with van der Waals surface area (Å²) < 4.78 is 40.7. The van der Waals surface area contributed by atoms with Crippen molar-refractivity contribution in [1.29, 1.82) is 0 Å². The van der Waals surface area contributed by atoms with Gasteiger partial charge in [-0.25, -0.2) is 13.2 Å². The molecule has 0 aromatic heterocycles. The van der Waals surface area contributed by atoms with Gasteiger partial charge in [-0.15, -0.1) is 0 Å². The standard InChI is InChI=1S/C25H29BrN2O9S/c26-20-8-3-1-2-4-9-21(25(20)36-12-13-37-25)27-17-6-5-7-19(22(17)24(32)33)38(34,35)28-16-11-10-15(23(30)31)14-18(16)29/h5-7,10-11,14,20-21,27-29H,1-4,8-9,12-13H2,(H,30,31)(H,32,33)/p-2. The normalized spacial score (nSPS) is 21.7. The number of anilines is 2. The predicted octanol–water partition coefficient (Wildman–Crippen LogP) is 2.26. The molecule has 38 heavy (non-hydrogen) atoms. The molecule has 1 saturated carbocycles. The fraction of sp³-hybridized carbons (Fsp3) is 0.440. The van der Waals surface area contributed by atoms with Crippen LogP contribution in [0.3, 0.4) is 0 Å². The van der Waals surface area contributed by atoms with E-state index in [1.165, 1.54) is 12.1 Å². The average Bonchev–Trinajstić information content (AvgIpc) is 3.38. The van der Waals surface area contributed by atoms with Gasteiger partial charge in [-0.05, 0) is 37.1 Å². The fourth-order valence-electron chi connectivity index (χ4n) is 4.86. The summed E-state index contributed by atoms with van der Waals surface area (Å²) in [5.74, 6) is -5.05. The molecule has 1 spiro atoms. The van der Waals surface area contributed by atoms with Crippen LogP contribution in [-0.2, 0) is 19.5 Å². The van der Waals surface area contributed by atoms with Crippen molar-refractivity contribution in [3.05, 3.63) is 47.5 Å². The van der Waals surface area contributed by atoms with Gasteiger partial charge in [0, 0.05) is 16.9 Å². The van der Waals surface area contributed by atoms with Crippen molar-refractivity contribution in [3.63, 3.8) is 0 Å². The summed E-state index contributed by atoms with van der Waals surface area (Å²) in [4.78, 5) is 22.6. The molecule has 1 saturated heterocycles. The van der Waals surface area contributed by atoms with Gasteiger partial charge in [-0.3, -0.25) is 4.72 Å². The molecule has 2 aliphatic rings. The molecule has 2 fully saturated rings. The highest BCUT2D eigenvalue weighted by Crippen LogP contribution is 2.40. The molecule has 2 unspecified atom stereocenters. The second-order valence-corrected chi connectivity index (χ2v) is 11.9. The van der Waals surface area contributed by atoms with E-state index in [1.54, 1.807) is 0 Å². The number of benzene rings is 2. The molecule has 1 heterocycles. The maximum atomic E-state index is 13.2. The molecule has 4 rings (SSSR count). The van der Waals surface area contributed by atoms with Gasteiger partial charge >= 0.3 is 5.97 Å². The highest BCUT2D eigenvalue weighted by Gasteiger charge is 2.50. The van der Waals surface area contributed by atoms with Crippen LogP contribution in [0.4, 0.5) is 11.4 Å². The minimum Gasteiger partial charge on any atom is -0.871 e. The van der Waals surface area contributed by atoms with Gasteiger partial charge in [-0.2, -0.15) is 0 Å². The minimum atomic E-state index is -4.60. The van der Waals surface area contributed by atoms with E-state index in [4.69, 9.17) is 14.6 Å². The molecule has 0 amide bonds. The molecule has 206 valence electrons. The Hall–Kier alpha value is -2.87. The zero-order valence-corrected chi connectivity index (χ0v) is 22.7. The largest absolute Gasteiger partial charge is 0.871 e. The summed E-state index contributed by atoms with van der Waals surface area (Å²) in [7, 11) is -4.60. The van der Waals surface area contributed by atoms with Crippen molar-refractivity contribution in [2.75, 3.05) is 23.3 Å². The molecule has 0 radical (unpaired) electrons. The zero-order chi connectivity index (χ0) is 27.5. The van der Waals surface area contributed by atoms with E-state index in [9.17, 15) is 28.2 Å². The molecule has 2 aromatic carbocycles. The number of nitrogens with one attached hydrogen (secondary N) is 2. The van der Waals surface area contributed by atoms with E-state index < -0.39 is 55.7 Å². The third-order valence-electron chi connectivity index (χ3n) is 6.68. The Kier molecular flexibility index (Phi) is 8.50. The zero-order valence-electron chi connectivity index (χ0n) is 20.3. The SMILES string of the molecule is O=C(O)c1ccc(NS(=O)(=O)c2cccc(NC3CCCCCCC(Br)C34OCCO4)c2C(=O)[O-])c([O-])c1. The third kappa shape index (κ3) is 5.75. The van der Waals surface area contributed by atoms with Crippen LogP contribution in [0.25, 0.3) is 0 Å². The van der Waals surface area contributed by atoms with Crippen LogP contribution in [0, 0.1) is 0 Å². The summed E-state index contributed by atoms with van der Waals surface area (Å²) in [5.41, 5.74) is -1.36. The van der Waals surface area contributed by atoms with E-state index in [0.29, 0.717) is 19.6 Å². The van der Waals surface area contributed by atoms with Crippen molar-refractivity contribution < 1.29 is 42.8 Å². The number of carbonyl (C=O) groups is 2. The number of hydrogen-bond acceptors (Lipinski definition) is 9. The Morgan fingerprint density at radius 1 is 1.03 bits per heavy atom. The van der Waals surface area contributed by atoms with Crippen molar-refractivity contribution in [1.82, 2.24) is 0 Å². The van der Waals surface area contributed by atoms with Crippen molar-refractivity contribution in [3.8, 4) is 5.75 Å². The maximum absolute atomic E-state index is 13.2. The van der Waals surface area contributed by atoms with Crippen molar-refractivity contribution >= 4 is 49.3 Å². The summed E-state index contributed by atoms with van der Waals surface area (Å²) in [6, 6.07) is 6.23. The van der Waals surface area contributed by atoms with Gasteiger partial charge in [0.15, 0.2) is 0 Å². The molecule has 2 atom stereocenters. The number of ether oxygens (including phenoxy) is 2. The third-order valence-corrected chi connectivity index (χ3v) is 9.19. The Morgan fingerprint density at radius 2 is 1.71 bits per heavy atom. The number of aromatic carboxylic acids is 2. The topological polar surface area (TPSA) is 177 Å². The Balaban J connectivity index is 1.71. The van der Waals surface area contributed by atoms with Gasteiger partial charge in [0.2, 0.25) is 5.79 Å². The molecule has 1 aliphatic carbocycles. The number of carbonyl (C=O) groups excluding carboxylic acids is 1. The molecule has 13 heteroatoms. The Bertz CT molecular complexity index is 1310. The lowest BCUT2D eigenvalue weighted by Gasteiger charge is -2.40. The van der Waals surface area contributed by atoms with Crippen molar-refractivity contribution in [2.45, 2.75) is 60.1 Å². The number of sulfonamides is 1. The lowest BCUT2D eigenvalue weighted by Crippen LogP contribution is -2.54. The number of carboxylic acids is 2. The van der Waals surface area contributed by atoms with Crippen LogP contribution >= 0.6 is 15.9 Å². The van der Waals surface area contributed by atoms with Crippen LogP contribution in [0.2, 0.25) is 0 Å². The number of halogens is 1. The second-order valence-electron chi connectivity index (χ2n) is 9.16. The number of rotatable bonds is 7. The van der Waals surface area contributed by atoms with Gasteiger partial charge in [0.05, 0.1) is 40.5 Å². The highest BCUT2D eigenvalue weighted by atomic mass is 79.9. The molecule has 2 aromatic rings. The molecule has 1 aliphatic heterocycles. The Morgan fingerprint density at radius 3 is 2.34 bits per heavy atom. The number of carboxylic acid groups (broad SMARTS) is 2. The van der Waals surface area contributed by atoms with Crippen LogP contribution in [0.15, 0.2) is 41.3 Å². The Labute approximate surface area is 228 Å². The molecular formula is C25H27BrN2O9S-2. The summed E-state index contributed by atoms with van der Waals surface area (Å²) in [5, 5.41) is 36.8. The van der Waals surface area contributed by atoms with Crippen LogP contribution < -0.4 is 20.3 Å². The average molecular weight is 611 g/mol. The van der Waals surface area contributed by atoms with Gasteiger partial charge < -0.3 is 34.9 Å². The van der Waals surface area contributed by atoms with E-state index in [1.807, 2.05) is 0 Å². The predicted molar refractivity (Wildman–Crippen MR) is 137 cm³/mol. The second kappa shape index (κ2) is 11.5. The van der Waals surface area contributed by atoms with Gasteiger partial charge in [-0.1, -0.05) is 59.5 Å².